The summed E-state index contributed by atoms with van der Waals surface area (Å²) < 4.78 is 27.2. The van der Waals surface area contributed by atoms with E-state index in [2.05, 4.69) is 5.10 Å². The topological polar surface area (TPSA) is 73.3 Å². The van der Waals surface area contributed by atoms with Crippen molar-refractivity contribution in [1.29, 1.82) is 0 Å². The second-order valence-electron chi connectivity index (χ2n) is 6.19. The standard InChI is InChI=1S/C17H15ClN4O3S/c1-20(2)17-21(16(23)11-7-9-12(18)10-8-11)19-15-13-5-3-4-6-14(13)26(24,25)22(15)17/h3-10,17H,1-2H3. The molecule has 0 saturated carbocycles. The number of fused-ring (bicyclic) bond motifs is 3. The zero-order valence-electron chi connectivity index (χ0n) is 14.0. The van der Waals surface area contributed by atoms with Crippen LogP contribution in [0.4, 0.5) is 0 Å². The van der Waals surface area contributed by atoms with Crippen LogP contribution in [0.15, 0.2) is 58.5 Å². The van der Waals surface area contributed by atoms with E-state index in [1.807, 2.05) is 0 Å². The lowest BCUT2D eigenvalue weighted by atomic mass is 10.2. The molecule has 0 spiro atoms. The normalized spacial score (nSPS) is 20.2. The van der Waals surface area contributed by atoms with Gasteiger partial charge in [0.1, 0.15) is 0 Å². The van der Waals surface area contributed by atoms with Crippen LogP contribution in [0.5, 0.6) is 0 Å². The lowest BCUT2D eigenvalue weighted by Gasteiger charge is -2.32. The second kappa shape index (κ2) is 5.80. The highest BCUT2D eigenvalue weighted by molar-refractivity contribution is 7.90. The van der Waals surface area contributed by atoms with E-state index in [4.69, 9.17) is 11.6 Å². The molecular formula is C17H15ClN4O3S. The van der Waals surface area contributed by atoms with E-state index in [0.29, 0.717) is 16.1 Å². The molecule has 0 fully saturated rings. The molecule has 2 heterocycles. The van der Waals surface area contributed by atoms with Gasteiger partial charge in [-0.2, -0.15) is 5.01 Å². The summed E-state index contributed by atoms with van der Waals surface area (Å²) in [6, 6.07) is 13.0. The van der Waals surface area contributed by atoms with Crippen molar-refractivity contribution < 1.29 is 13.2 Å². The Morgan fingerprint density at radius 2 is 1.77 bits per heavy atom. The number of hydrogen-bond donors (Lipinski definition) is 0. The quantitative estimate of drug-likeness (QED) is 0.786. The highest BCUT2D eigenvalue weighted by atomic mass is 35.5. The van der Waals surface area contributed by atoms with Gasteiger partial charge in [0.15, 0.2) is 12.1 Å². The first-order valence-electron chi connectivity index (χ1n) is 7.80. The average molecular weight is 391 g/mol. The van der Waals surface area contributed by atoms with Crippen molar-refractivity contribution in [2.45, 2.75) is 11.2 Å². The smallest absolute Gasteiger partial charge is 0.270 e. The van der Waals surface area contributed by atoms with Gasteiger partial charge in [-0.15, -0.1) is 5.10 Å². The number of rotatable bonds is 2. The van der Waals surface area contributed by atoms with Crippen LogP contribution in [0.3, 0.4) is 0 Å². The van der Waals surface area contributed by atoms with Crippen molar-refractivity contribution in [3.63, 3.8) is 0 Å². The third kappa shape index (κ3) is 2.33. The summed E-state index contributed by atoms with van der Waals surface area (Å²) in [5, 5.41) is 6.06. The van der Waals surface area contributed by atoms with Gasteiger partial charge in [-0.3, -0.25) is 9.69 Å². The van der Waals surface area contributed by atoms with Gasteiger partial charge in [0.05, 0.1) is 4.90 Å². The van der Waals surface area contributed by atoms with Gasteiger partial charge >= 0.3 is 0 Å². The van der Waals surface area contributed by atoms with E-state index in [0.717, 1.165) is 0 Å². The highest BCUT2D eigenvalue weighted by Gasteiger charge is 2.52. The van der Waals surface area contributed by atoms with Gasteiger partial charge in [-0.25, -0.2) is 12.7 Å². The zero-order valence-corrected chi connectivity index (χ0v) is 15.6. The number of halogens is 1. The van der Waals surface area contributed by atoms with Gasteiger partial charge in [-0.1, -0.05) is 23.7 Å². The van der Waals surface area contributed by atoms with Crippen molar-refractivity contribution in [3.05, 3.63) is 64.7 Å². The van der Waals surface area contributed by atoms with Crippen LogP contribution < -0.4 is 0 Å². The van der Waals surface area contributed by atoms with E-state index in [1.54, 1.807) is 67.5 Å². The molecule has 2 aliphatic rings. The third-order valence-corrected chi connectivity index (χ3v) is 6.31. The molecule has 4 rings (SSSR count). The molecule has 9 heteroatoms. The van der Waals surface area contributed by atoms with E-state index >= 15 is 0 Å². The fraction of sp³-hybridized carbons (Fsp3) is 0.176. The number of hydrogen-bond acceptors (Lipinski definition) is 5. The number of carbonyl (C=O) groups excluding carboxylic acids is 1. The SMILES string of the molecule is CN(C)C1N(C(=O)c2ccc(Cl)cc2)N=C2c3ccccc3S(=O)(=O)N21. The summed E-state index contributed by atoms with van der Waals surface area (Å²) in [5.74, 6) is -0.156. The predicted molar refractivity (Wildman–Crippen MR) is 97.1 cm³/mol. The van der Waals surface area contributed by atoms with Crippen molar-refractivity contribution >= 4 is 33.4 Å². The number of carbonyl (C=O) groups is 1. The predicted octanol–water partition coefficient (Wildman–Crippen LogP) is 2.01. The molecule has 1 atom stereocenters. The first-order chi connectivity index (χ1) is 12.3. The number of amides is 1. The maximum atomic E-state index is 13.0. The number of benzene rings is 2. The van der Waals surface area contributed by atoms with Crippen molar-refractivity contribution in [2.24, 2.45) is 5.10 Å². The Balaban J connectivity index is 1.84. The molecule has 0 saturated heterocycles. The average Bonchev–Trinajstić information content (AvgIpc) is 3.11. The molecule has 0 bridgehead atoms. The number of hydrazone groups is 1. The molecule has 0 N–H and O–H groups in total. The Kier molecular flexibility index (Phi) is 3.80. The maximum absolute atomic E-state index is 13.0. The largest absolute Gasteiger partial charge is 0.277 e. The van der Waals surface area contributed by atoms with Gasteiger partial charge in [0, 0.05) is 16.1 Å². The van der Waals surface area contributed by atoms with Crippen LogP contribution >= 0.6 is 11.6 Å². The Hall–Kier alpha value is -2.42. The molecule has 26 heavy (non-hydrogen) atoms. The molecule has 7 nitrogen and oxygen atoms in total. The highest BCUT2D eigenvalue weighted by Crippen LogP contribution is 2.38. The summed E-state index contributed by atoms with van der Waals surface area (Å²) >= 11 is 5.88. The Bertz CT molecular complexity index is 1030. The third-order valence-electron chi connectivity index (χ3n) is 4.27. The van der Waals surface area contributed by atoms with E-state index in [1.165, 1.54) is 9.31 Å². The zero-order chi connectivity index (χ0) is 18.6. The Labute approximate surface area is 156 Å². The molecule has 1 amide bonds. The maximum Gasteiger partial charge on any atom is 0.277 e. The van der Waals surface area contributed by atoms with E-state index in [-0.39, 0.29) is 10.7 Å². The fourth-order valence-corrected chi connectivity index (χ4v) is 5.02. The van der Waals surface area contributed by atoms with Crippen molar-refractivity contribution in [3.8, 4) is 0 Å². The molecule has 134 valence electrons. The molecule has 2 aromatic rings. The lowest BCUT2D eigenvalue weighted by molar-refractivity contribution is 0.0341. The summed E-state index contributed by atoms with van der Waals surface area (Å²) in [5.41, 5.74) is 0.864. The van der Waals surface area contributed by atoms with Crippen LogP contribution in [0.25, 0.3) is 0 Å². The first-order valence-corrected chi connectivity index (χ1v) is 9.62. The molecular weight excluding hydrogens is 376 g/mol. The van der Waals surface area contributed by atoms with Crippen LogP contribution in [0.2, 0.25) is 5.02 Å². The summed E-state index contributed by atoms with van der Waals surface area (Å²) in [6.07, 6.45) is -0.884. The minimum atomic E-state index is -3.79. The summed E-state index contributed by atoms with van der Waals surface area (Å²) in [7, 11) is -0.390. The first kappa shape index (κ1) is 17.0. The molecule has 0 aliphatic carbocycles. The van der Waals surface area contributed by atoms with Gasteiger partial charge < -0.3 is 0 Å². The Morgan fingerprint density at radius 3 is 2.42 bits per heavy atom. The van der Waals surface area contributed by atoms with Crippen LogP contribution in [-0.4, -0.2) is 54.8 Å². The van der Waals surface area contributed by atoms with Crippen LogP contribution in [0, 0.1) is 0 Å². The molecule has 0 radical (unpaired) electrons. The summed E-state index contributed by atoms with van der Waals surface area (Å²) in [4.78, 5) is 14.8. The van der Waals surface area contributed by atoms with E-state index < -0.39 is 22.2 Å². The molecule has 2 aromatic carbocycles. The van der Waals surface area contributed by atoms with Gasteiger partial charge in [0.25, 0.3) is 15.9 Å². The summed E-state index contributed by atoms with van der Waals surface area (Å²) in [6.45, 7) is 0. The number of sulfonamides is 1. The fourth-order valence-electron chi connectivity index (χ4n) is 3.10. The Morgan fingerprint density at radius 1 is 1.12 bits per heavy atom. The molecule has 0 aromatic heterocycles. The van der Waals surface area contributed by atoms with Crippen LogP contribution in [0.1, 0.15) is 15.9 Å². The van der Waals surface area contributed by atoms with Gasteiger partial charge in [0.2, 0.25) is 0 Å². The monoisotopic (exact) mass is 390 g/mol. The van der Waals surface area contributed by atoms with E-state index in [9.17, 15) is 13.2 Å². The number of amidine groups is 1. The molecule has 2 aliphatic heterocycles. The second-order valence-corrected chi connectivity index (χ2v) is 8.41. The minimum Gasteiger partial charge on any atom is -0.270 e. The number of nitrogens with zero attached hydrogens (tertiary/aromatic N) is 4. The van der Waals surface area contributed by atoms with Crippen molar-refractivity contribution in [1.82, 2.24) is 14.2 Å². The van der Waals surface area contributed by atoms with Crippen molar-refractivity contribution in [2.75, 3.05) is 14.1 Å². The minimum absolute atomic E-state index is 0.198. The van der Waals surface area contributed by atoms with Gasteiger partial charge in [-0.05, 0) is 50.5 Å². The lowest BCUT2D eigenvalue weighted by Crippen LogP contribution is -2.53. The molecule has 1 unspecified atom stereocenters. The van der Waals surface area contributed by atoms with Crippen LogP contribution in [-0.2, 0) is 10.0 Å².